The highest BCUT2D eigenvalue weighted by Gasteiger charge is 2.30. The van der Waals surface area contributed by atoms with Gasteiger partial charge >= 0.3 is 6.18 Å². The van der Waals surface area contributed by atoms with E-state index in [2.05, 4.69) is 5.32 Å². The Labute approximate surface area is 131 Å². The zero-order valence-electron chi connectivity index (χ0n) is 12.2. The molecule has 1 aliphatic rings. The third kappa shape index (κ3) is 4.69. The number of nitrogens with two attached hydrogens (primary N) is 1. The molecule has 1 aromatic rings. The second-order valence-corrected chi connectivity index (χ2v) is 5.36. The molecule has 23 heavy (non-hydrogen) atoms. The Morgan fingerprint density at radius 3 is 2.43 bits per heavy atom. The average molecular weight is 330 g/mol. The molecule has 0 aliphatic carbocycles. The molecule has 0 saturated carbocycles. The number of hydrogen-bond acceptors (Lipinski definition) is 3. The maximum atomic E-state index is 12.5. The molecule has 0 bridgehead atoms. The lowest BCUT2D eigenvalue weighted by molar-refractivity contribution is -0.137. The highest BCUT2D eigenvalue weighted by Crippen LogP contribution is 2.29. The van der Waals surface area contributed by atoms with Crippen LogP contribution in [0.1, 0.15) is 24.0 Å². The summed E-state index contributed by atoms with van der Waals surface area (Å²) >= 11 is 0. The molecular weight excluding hydrogens is 313 g/mol. The van der Waals surface area contributed by atoms with Gasteiger partial charge in [0, 0.05) is 13.0 Å². The Hall–Kier alpha value is -2.09. The van der Waals surface area contributed by atoms with Gasteiger partial charge in [0.25, 0.3) is 0 Å². The summed E-state index contributed by atoms with van der Waals surface area (Å²) in [4.78, 5) is 23.4. The van der Waals surface area contributed by atoms with Crippen molar-refractivity contribution in [1.82, 2.24) is 5.32 Å². The normalized spacial score (nSPS) is 19.3. The topological polar surface area (TPSA) is 81.4 Å². The molecule has 1 heterocycles. The zero-order chi connectivity index (χ0) is 17.0. The molecule has 1 fully saturated rings. The summed E-state index contributed by atoms with van der Waals surface area (Å²) in [5.74, 6) is -1.19. The molecule has 2 amide bonds. The molecule has 1 saturated heterocycles. The molecular formula is C15H17F3N2O3. The molecule has 0 unspecified atom stereocenters. The van der Waals surface area contributed by atoms with E-state index in [1.807, 2.05) is 0 Å². The first-order chi connectivity index (χ1) is 10.8. The van der Waals surface area contributed by atoms with Gasteiger partial charge in [0.1, 0.15) is 12.1 Å². The van der Waals surface area contributed by atoms with Crippen LogP contribution in [0.2, 0.25) is 0 Å². The van der Waals surface area contributed by atoms with Gasteiger partial charge in [0.15, 0.2) is 0 Å². The standard InChI is InChI=1S/C15H17F3N2O3/c16-15(17,18)10-5-3-9(4-6-10)8-11(13(19)21)20-14(22)12-2-1-7-23-12/h3-6,11-12H,1-2,7-8H2,(H2,19,21)(H,20,22)/t11-,12+/m0/s1. The van der Waals surface area contributed by atoms with Gasteiger partial charge in [0.05, 0.1) is 5.56 Å². The molecule has 1 aromatic carbocycles. The SMILES string of the molecule is NC(=O)[C@H](Cc1ccc(C(F)(F)F)cc1)NC(=O)[C@H]1CCCO1. The van der Waals surface area contributed by atoms with Crippen LogP contribution in [0.5, 0.6) is 0 Å². The van der Waals surface area contributed by atoms with Gasteiger partial charge in [-0.2, -0.15) is 13.2 Å². The van der Waals surface area contributed by atoms with Gasteiger partial charge in [-0.1, -0.05) is 12.1 Å². The van der Waals surface area contributed by atoms with E-state index >= 15 is 0 Å². The van der Waals surface area contributed by atoms with Crippen molar-refractivity contribution in [2.45, 2.75) is 37.6 Å². The molecule has 2 rings (SSSR count). The second-order valence-electron chi connectivity index (χ2n) is 5.36. The zero-order valence-corrected chi connectivity index (χ0v) is 12.2. The van der Waals surface area contributed by atoms with E-state index in [1.165, 1.54) is 12.1 Å². The number of primary amides is 1. The van der Waals surface area contributed by atoms with Gasteiger partial charge in [-0.3, -0.25) is 9.59 Å². The van der Waals surface area contributed by atoms with Crippen LogP contribution in [0.4, 0.5) is 13.2 Å². The summed E-state index contributed by atoms with van der Waals surface area (Å²) < 4.78 is 42.7. The molecule has 3 N–H and O–H groups in total. The maximum Gasteiger partial charge on any atom is 0.416 e. The van der Waals surface area contributed by atoms with Gasteiger partial charge in [-0.25, -0.2) is 0 Å². The number of carbonyl (C=O) groups is 2. The number of benzene rings is 1. The monoisotopic (exact) mass is 330 g/mol. The Balaban J connectivity index is 2.01. The van der Waals surface area contributed by atoms with Crippen LogP contribution in [0.15, 0.2) is 24.3 Å². The van der Waals surface area contributed by atoms with Crippen LogP contribution < -0.4 is 11.1 Å². The summed E-state index contributed by atoms with van der Waals surface area (Å²) in [6, 6.07) is 3.38. The lowest BCUT2D eigenvalue weighted by Crippen LogP contribution is -2.49. The van der Waals surface area contributed by atoms with Crippen molar-refractivity contribution in [3.05, 3.63) is 35.4 Å². The molecule has 8 heteroatoms. The summed E-state index contributed by atoms with van der Waals surface area (Å²) in [5.41, 5.74) is 4.95. The lowest BCUT2D eigenvalue weighted by atomic mass is 10.0. The van der Waals surface area contributed by atoms with Crippen molar-refractivity contribution >= 4 is 11.8 Å². The Bertz CT molecular complexity index is 566. The number of nitrogens with one attached hydrogen (secondary N) is 1. The van der Waals surface area contributed by atoms with E-state index in [0.717, 1.165) is 18.6 Å². The predicted molar refractivity (Wildman–Crippen MR) is 75.2 cm³/mol. The number of carbonyl (C=O) groups excluding carboxylic acids is 2. The van der Waals surface area contributed by atoms with E-state index in [4.69, 9.17) is 10.5 Å². The van der Waals surface area contributed by atoms with Gasteiger partial charge < -0.3 is 15.8 Å². The highest BCUT2D eigenvalue weighted by molar-refractivity contribution is 5.88. The van der Waals surface area contributed by atoms with Gasteiger partial charge in [-0.15, -0.1) is 0 Å². The molecule has 0 spiro atoms. The number of ether oxygens (including phenoxy) is 1. The van der Waals surface area contributed by atoms with E-state index in [9.17, 15) is 22.8 Å². The minimum Gasteiger partial charge on any atom is -0.368 e. The van der Waals surface area contributed by atoms with Crippen molar-refractivity contribution in [2.24, 2.45) is 5.73 Å². The molecule has 1 aliphatic heterocycles. The van der Waals surface area contributed by atoms with E-state index in [1.54, 1.807) is 0 Å². The van der Waals surface area contributed by atoms with Crippen molar-refractivity contribution < 1.29 is 27.5 Å². The highest BCUT2D eigenvalue weighted by atomic mass is 19.4. The maximum absolute atomic E-state index is 12.5. The molecule has 0 aromatic heterocycles. The number of hydrogen-bond donors (Lipinski definition) is 2. The third-order valence-corrected chi connectivity index (χ3v) is 3.60. The quantitative estimate of drug-likeness (QED) is 0.856. The summed E-state index contributed by atoms with van der Waals surface area (Å²) in [6.45, 7) is 0.484. The van der Waals surface area contributed by atoms with Crippen LogP contribution in [-0.2, 0) is 26.9 Å². The first-order valence-corrected chi connectivity index (χ1v) is 7.15. The van der Waals surface area contributed by atoms with Crippen LogP contribution in [0.3, 0.4) is 0 Å². The van der Waals surface area contributed by atoms with E-state index in [0.29, 0.717) is 18.6 Å². The molecule has 2 atom stereocenters. The molecule has 126 valence electrons. The number of alkyl halides is 3. The minimum atomic E-state index is -4.42. The van der Waals surface area contributed by atoms with Crippen molar-refractivity contribution in [2.75, 3.05) is 6.61 Å². The summed E-state index contributed by atoms with van der Waals surface area (Å²) in [7, 11) is 0. The summed E-state index contributed by atoms with van der Waals surface area (Å²) in [6.07, 6.45) is -3.68. The molecule has 5 nitrogen and oxygen atoms in total. The predicted octanol–water partition coefficient (Wildman–Crippen LogP) is 1.40. The largest absolute Gasteiger partial charge is 0.416 e. The fourth-order valence-electron chi connectivity index (χ4n) is 2.34. The third-order valence-electron chi connectivity index (χ3n) is 3.60. The molecule has 0 radical (unpaired) electrons. The van der Waals surface area contributed by atoms with Gasteiger partial charge in [0.2, 0.25) is 11.8 Å². The first-order valence-electron chi connectivity index (χ1n) is 7.15. The number of rotatable bonds is 5. The van der Waals surface area contributed by atoms with Crippen LogP contribution in [0.25, 0.3) is 0 Å². The Morgan fingerprint density at radius 2 is 1.96 bits per heavy atom. The van der Waals surface area contributed by atoms with Crippen LogP contribution in [-0.4, -0.2) is 30.6 Å². The van der Waals surface area contributed by atoms with Crippen LogP contribution in [0, 0.1) is 0 Å². The van der Waals surface area contributed by atoms with Gasteiger partial charge in [-0.05, 0) is 30.5 Å². The lowest BCUT2D eigenvalue weighted by Gasteiger charge is -2.18. The fraction of sp³-hybridized carbons (Fsp3) is 0.467. The fourth-order valence-corrected chi connectivity index (χ4v) is 2.34. The smallest absolute Gasteiger partial charge is 0.368 e. The second kappa shape index (κ2) is 6.99. The number of amides is 2. The van der Waals surface area contributed by atoms with Crippen LogP contribution >= 0.6 is 0 Å². The number of halogens is 3. The minimum absolute atomic E-state index is 0.0198. The van der Waals surface area contributed by atoms with E-state index < -0.39 is 35.7 Å². The van der Waals surface area contributed by atoms with E-state index in [-0.39, 0.29) is 6.42 Å². The van der Waals surface area contributed by atoms with Crippen molar-refractivity contribution in [1.29, 1.82) is 0 Å². The Kier molecular flexibility index (Phi) is 5.25. The first kappa shape index (κ1) is 17.3. The van der Waals surface area contributed by atoms with Crippen molar-refractivity contribution in [3.8, 4) is 0 Å². The van der Waals surface area contributed by atoms with Crippen molar-refractivity contribution in [3.63, 3.8) is 0 Å². The summed E-state index contributed by atoms with van der Waals surface area (Å²) in [5, 5.41) is 2.49. The average Bonchev–Trinajstić information content (AvgIpc) is 3.00. The Morgan fingerprint density at radius 1 is 1.30 bits per heavy atom.